The summed E-state index contributed by atoms with van der Waals surface area (Å²) in [6.07, 6.45) is 4.39. The molecule has 2 aliphatic heterocycles. The van der Waals surface area contributed by atoms with Crippen molar-refractivity contribution < 1.29 is 4.79 Å². The van der Waals surface area contributed by atoms with Gasteiger partial charge in [0.25, 0.3) is 11.5 Å². The van der Waals surface area contributed by atoms with E-state index in [1.807, 2.05) is 0 Å². The summed E-state index contributed by atoms with van der Waals surface area (Å²) in [6, 6.07) is 9.16. The van der Waals surface area contributed by atoms with Crippen LogP contribution >= 0.6 is 0 Å². The lowest BCUT2D eigenvalue weighted by Crippen LogP contribution is -2.48. The van der Waals surface area contributed by atoms with Crippen LogP contribution in [0.25, 0.3) is 0 Å². The van der Waals surface area contributed by atoms with Gasteiger partial charge in [0, 0.05) is 38.4 Å². The van der Waals surface area contributed by atoms with Crippen molar-refractivity contribution in [2.24, 2.45) is 0 Å². The number of aromatic amines is 1. The molecule has 6 nitrogen and oxygen atoms in total. The Balaban J connectivity index is 1.39. The van der Waals surface area contributed by atoms with Crippen LogP contribution in [0.1, 0.15) is 40.2 Å². The number of carbonyl (C=O) groups excluding carboxylic acids is 1. The van der Waals surface area contributed by atoms with E-state index in [1.165, 1.54) is 17.3 Å². The predicted octanol–water partition coefficient (Wildman–Crippen LogP) is 1.74. The molecule has 3 heterocycles. The van der Waals surface area contributed by atoms with E-state index in [0.29, 0.717) is 25.0 Å². The standard InChI is InChI=1S/C20H24N4O2/c1-14-21-12-18(19(25)22-14)20(26)23-10-7-17(8-11-23)24-9-6-15-4-2-3-5-16(15)13-24/h2-5,12,17H,6-11,13H2,1H3,(H,21,22,25). The zero-order valence-electron chi connectivity index (χ0n) is 15.1. The summed E-state index contributed by atoms with van der Waals surface area (Å²) in [5.74, 6) is 0.317. The van der Waals surface area contributed by atoms with Crippen LogP contribution in [-0.4, -0.2) is 51.4 Å². The largest absolute Gasteiger partial charge is 0.338 e. The number of rotatable bonds is 2. The van der Waals surface area contributed by atoms with Crippen LogP contribution in [0.2, 0.25) is 0 Å². The molecule has 1 amide bonds. The lowest BCUT2D eigenvalue weighted by molar-refractivity contribution is 0.0597. The van der Waals surface area contributed by atoms with E-state index >= 15 is 0 Å². The molecule has 2 aromatic rings. The molecule has 1 saturated heterocycles. The van der Waals surface area contributed by atoms with Gasteiger partial charge in [-0.15, -0.1) is 0 Å². The van der Waals surface area contributed by atoms with E-state index in [0.717, 1.165) is 32.4 Å². The summed E-state index contributed by atoms with van der Waals surface area (Å²) < 4.78 is 0. The van der Waals surface area contributed by atoms with Crippen LogP contribution in [0, 0.1) is 6.92 Å². The molecule has 0 saturated carbocycles. The van der Waals surface area contributed by atoms with Gasteiger partial charge < -0.3 is 9.88 Å². The topological polar surface area (TPSA) is 69.3 Å². The molecule has 0 bridgehead atoms. The smallest absolute Gasteiger partial charge is 0.263 e. The maximum Gasteiger partial charge on any atom is 0.263 e. The minimum atomic E-state index is -0.350. The zero-order chi connectivity index (χ0) is 18.1. The van der Waals surface area contributed by atoms with E-state index in [1.54, 1.807) is 11.8 Å². The normalized spacial score (nSPS) is 18.6. The van der Waals surface area contributed by atoms with Crippen LogP contribution in [0.5, 0.6) is 0 Å². The number of aryl methyl sites for hydroxylation is 1. The first-order valence-electron chi connectivity index (χ1n) is 9.28. The Bertz CT molecular complexity index is 868. The first-order valence-corrected chi connectivity index (χ1v) is 9.28. The van der Waals surface area contributed by atoms with Crippen molar-refractivity contribution in [1.82, 2.24) is 19.8 Å². The lowest BCUT2D eigenvalue weighted by Gasteiger charge is -2.40. The Morgan fingerprint density at radius 3 is 2.62 bits per heavy atom. The molecule has 4 rings (SSSR count). The van der Waals surface area contributed by atoms with Crippen molar-refractivity contribution in [3.63, 3.8) is 0 Å². The second-order valence-electron chi connectivity index (χ2n) is 7.22. The molecular weight excluding hydrogens is 328 g/mol. The third-order valence-corrected chi connectivity index (χ3v) is 5.59. The van der Waals surface area contributed by atoms with Crippen LogP contribution in [0.3, 0.4) is 0 Å². The SMILES string of the molecule is Cc1ncc(C(=O)N2CCC(N3CCc4ccccc4C3)CC2)c(=O)[nH]1. The second-order valence-corrected chi connectivity index (χ2v) is 7.22. The number of hydrogen-bond donors (Lipinski definition) is 1. The third kappa shape index (κ3) is 3.29. The van der Waals surface area contributed by atoms with Gasteiger partial charge in [0.15, 0.2) is 0 Å². The number of aromatic nitrogens is 2. The Morgan fingerprint density at radius 1 is 1.15 bits per heavy atom. The average molecular weight is 352 g/mol. The number of hydrogen-bond acceptors (Lipinski definition) is 4. The maximum absolute atomic E-state index is 12.6. The molecule has 0 radical (unpaired) electrons. The van der Waals surface area contributed by atoms with Crippen LogP contribution in [0.4, 0.5) is 0 Å². The molecule has 1 fully saturated rings. The van der Waals surface area contributed by atoms with Gasteiger partial charge in [0.2, 0.25) is 0 Å². The molecule has 0 spiro atoms. The number of amides is 1. The molecule has 0 unspecified atom stereocenters. The zero-order valence-corrected chi connectivity index (χ0v) is 15.1. The van der Waals surface area contributed by atoms with Gasteiger partial charge in [-0.25, -0.2) is 4.98 Å². The highest BCUT2D eigenvalue weighted by Gasteiger charge is 2.30. The van der Waals surface area contributed by atoms with Gasteiger partial charge in [0.05, 0.1) is 0 Å². The Hall–Kier alpha value is -2.47. The van der Waals surface area contributed by atoms with Crippen molar-refractivity contribution in [3.05, 3.63) is 63.3 Å². The number of likely N-dealkylation sites (tertiary alicyclic amines) is 1. The van der Waals surface area contributed by atoms with E-state index in [-0.39, 0.29) is 17.0 Å². The number of H-pyrrole nitrogens is 1. The summed E-state index contributed by atoms with van der Waals surface area (Å²) >= 11 is 0. The van der Waals surface area contributed by atoms with Crippen molar-refractivity contribution in [2.45, 2.75) is 38.8 Å². The summed E-state index contributed by atoms with van der Waals surface area (Å²) in [5, 5.41) is 0. The van der Waals surface area contributed by atoms with Crippen molar-refractivity contribution in [3.8, 4) is 0 Å². The van der Waals surface area contributed by atoms with Crippen molar-refractivity contribution in [1.29, 1.82) is 0 Å². The monoisotopic (exact) mass is 352 g/mol. The van der Waals surface area contributed by atoms with E-state index in [9.17, 15) is 9.59 Å². The summed E-state index contributed by atoms with van der Waals surface area (Å²) in [7, 11) is 0. The number of nitrogens with zero attached hydrogens (tertiary/aromatic N) is 3. The quantitative estimate of drug-likeness (QED) is 0.894. The number of carbonyl (C=O) groups is 1. The molecule has 2 aliphatic rings. The fraction of sp³-hybridized carbons (Fsp3) is 0.450. The molecular formula is C20H24N4O2. The number of nitrogens with one attached hydrogen (secondary N) is 1. The first-order chi connectivity index (χ1) is 12.6. The number of fused-ring (bicyclic) bond motifs is 1. The van der Waals surface area contributed by atoms with Crippen molar-refractivity contribution >= 4 is 5.91 Å². The van der Waals surface area contributed by atoms with Crippen molar-refractivity contribution in [2.75, 3.05) is 19.6 Å². The Labute approximate surface area is 152 Å². The summed E-state index contributed by atoms with van der Waals surface area (Å²) in [4.78, 5) is 35.6. The van der Waals surface area contributed by atoms with Gasteiger partial charge in [-0.05, 0) is 37.3 Å². The molecule has 1 aromatic heterocycles. The van der Waals surface area contributed by atoms with Gasteiger partial charge >= 0.3 is 0 Å². The van der Waals surface area contributed by atoms with E-state index < -0.39 is 0 Å². The van der Waals surface area contributed by atoms with Crippen LogP contribution in [-0.2, 0) is 13.0 Å². The highest BCUT2D eigenvalue weighted by atomic mass is 16.2. The van der Waals surface area contributed by atoms with Crippen LogP contribution < -0.4 is 5.56 Å². The highest BCUT2D eigenvalue weighted by Crippen LogP contribution is 2.25. The van der Waals surface area contributed by atoms with E-state index in [2.05, 4.69) is 39.1 Å². The van der Waals surface area contributed by atoms with Gasteiger partial charge in [-0.2, -0.15) is 0 Å². The van der Waals surface area contributed by atoms with E-state index in [4.69, 9.17) is 0 Å². The molecule has 1 aromatic carbocycles. The molecule has 136 valence electrons. The number of piperidine rings is 1. The Kier molecular flexibility index (Phi) is 4.59. The maximum atomic E-state index is 12.6. The minimum absolute atomic E-state index is 0.140. The molecule has 6 heteroatoms. The number of benzene rings is 1. The summed E-state index contributed by atoms with van der Waals surface area (Å²) in [6.45, 7) is 5.16. The highest BCUT2D eigenvalue weighted by molar-refractivity contribution is 5.93. The molecule has 1 N–H and O–H groups in total. The summed E-state index contributed by atoms with van der Waals surface area (Å²) in [5.41, 5.74) is 2.68. The fourth-order valence-electron chi connectivity index (χ4n) is 4.07. The lowest BCUT2D eigenvalue weighted by atomic mass is 9.95. The average Bonchev–Trinajstić information content (AvgIpc) is 2.67. The Morgan fingerprint density at radius 2 is 1.88 bits per heavy atom. The predicted molar refractivity (Wildman–Crippen MR) is 99.1 cm³/mol. The van der Waals surface area contributed by atoms with Crippen LogP contribution in [0.15, 0.2) is 35.3 Å². The van der Waals surface area contributed by atoms with Gasteiger partial charge in [-0.3, -0.25) is 14.5 Å². The fourth-order valence-corrected chi connectivity index (χ4v) is 4.07. The molecule has 0 aliphatic carbocycles. The minimum Gasteiger partial charge on any atom is -0.338 e. The molecule has 0 atom stereocenters. The van der Waals surface area contributed by atoms with Gasteiger partial charge in [0.1, 0.15) is 11.4 Å². The van der Waals surface area contributed by atoms with Gasteiger partial charge in [-0.1, -0.05) is 24.3 Å². The molecule has 26 heavy (non-hydrogen) atoms. The first kappa shape index (κ1) is 17.0. The second kappa shape index (κ2) is 7.03. The third-order valence-electron chi connectivity index (χ3n) is 5.59.